The largest absolute Gasteiger partial charge is 0.417 e. The van der Waals surface area contributed by atoms with Gasteiger partial charge < -0.3 is 9.64 Å². The molecule has 0 spiro atoms. The van der Waals surface area contributed by atoms with Crippen LogP contribution in [0.15, 0.2) is 54.6 Å². The Morgan fingerprint density at radius 2 is 1.59 bits per heavy atom. The number of hydrogen-bond acceptors (Lipinski definition) is 3. The van der Waals surface area contributed by atoms with Crippen LogP contribution in [0.2, 0.25) is 0 Å². The number of anilines is 2. The second kappa shape index (κ2) is 6.98. The van der Waals surface area contributed by atoms with Crippen molar-refractivity contribution in [1.82, 2.24) is 0 Å². The Balaban J connectivity index is 1.57. The van der Waals surface area contributed by atoms with Gasteiger partial charge in [-0.15, -0.1) is 0 Å². The van der Waals surface area contributed by atoms with Crippen LogP contribution in [0, 0.1) is 0 Å². The second-order valence-corrected chi connectivity index (χ2v) is 5.42. The molecule has 0 unspecified atom stereocenters. The lowest BCUT2D eigenvalue weighted by Gasteiger charge is -2.28. The summed E-state index contributed by atoms with van der Waals surface area (Å²) in [6.45, 7) is 2.23. The van der Waals surface area contributed by atoms with E-state index >= 15 is 0 Å². The number of nitrogens with zero attached hydrogens (tertiary/aromatic N) is 1. The van der Waals surface area contributed by atoms with Crippen molar-refractivity contribution in [2.75, 3.05) is 23.3 Å². The fraction of sp³-hybridized carbons (Fsp3) is 0.278. The Morgan fingerprint density at radius 1 is 0.909 bits per heavy atom. The maximum absolute atomic E-state index is 11.8. The van der Waals surface area contributed by atoms with E-state index in [1.54, 1.807) is 12.1 Å². The summed E-state index contributed by atoms with van der Waals surface area (Å²) >= 11 is 0. The van der Waals surface area contributed by atoms with Crippen molar-refractivity contribution in [3.05, 3.63) is 54.6 Å². The van der Waals surface area contributed by atoms with Gasteiger partial charge in [0.05, 0.1) is 0 Å². The summed E-state index contributed by atoms with van der Waals surface area (Å²) in [7, 11) is 0. The van der Waals surface area contributed by atoms with E-state index < -0.39 is 6.09 Å². The van der Waals surface area contributed by atoms with Gasteiger partial charge >= 0.3 is 6.09 Å². The van der Waals surface area contributed by atoms with Crippen molar-refractivity contribution in [1.29, 1.82) is 0 Å². The lowest BCUT2D eigenvalue weighted by atomic mass is 10.1. The Kier molecular flexibility index (Phi) is 4.59. The summed E-state index contributed by atoms with van der Waals surface area (Å²) in [5.74, 6) is 0.532. The molecule has 4 heteroatoms. The number of rotatable bonds is 3. The first-order valence-corrected chi connectivity index (χ1v) is 7.70. The van der Waals surface area contributed by atoms with Crippen LogP contribution in [0.25, 0.3) is 0 Å². The molecule has 22 heavy (non-hydrogen) atoms. The summed E-state index contributed by atoms with van der Waals surface area (Å²) < 4.78 is 5.20. The molecule has 1 fully saturated rings. The zero-order valence-electron chi connectivity index (χ0n) is 12.5. The molecule has 2 aromatic rings. The Bertz CT molecular complexity index is 605. The molecule has 4 nitrogen and oxygen atoms in total. The van der Waals surface area contributed by atoms with Gasteiger partial charge in [-0.05, 0) is 55.7 Å². The predicted octanol–water partition coefficient (Wildman–Crippen LogP) is 4.29. The molecule has 114 valence electrons. The lowest BCUT2D eigenvalue weighted by Crippen LogP contribution is -2.29. The molecular weight excluding hydrogens is 276 g/mol. The van der Waals surface area contributed by atoms with Crippen molar-refractivity contribution in [3.8, 4) is 5.75 Å². The highest BCUT2D eigenvalue weighted by Gasteiger charge is 2.11. The Labute approximate surface area is 130 Å². The molecule has 0 bridgehead atoms. The zero-order chi connectivity index (χ0) is 15.2. The van der Waals surface area contributed by atoms with Gasteiger partial charge in [-0.2, -0.15) is 0 Å². The van der Waals surface area contributed by atoms with Crippen molar-refractivity contribution in [2.24, 2.45) is 0 Å². The van der Waals surface area contributed by atoms with E-state index in [0.29, 0.717) is 5.75 Å². The van der Waals surface area contributed by atoms with Crippen LogP contribution < -0.4 is 15.0 Å². The highest BCUT2D eigenvalue weighted by molar-refractivity contribution is 5.86. The first-order chi connectivity index (χ1) is 10.8. The molecule has 3 rings (SSSR count). The van der Waals surface area contributed by atoms with Crippen LogP contribution in [0.5, 0.6) is 5.75 Å². The monoisotopic (exact) mass is 296 g/mol. The minimum absolute atomic E-state index is 0.475. The first kappa shape index (κ1) is 14.4. The smallest absolute Gasteiger partial charge is 0.410 e. The average Bonchev–Trinajstić information content (AvgIpc) is 2.57. The number of carbonyl (C=O) groups is 1. The Hall–Kier alpha value is -2.49. The first-order valence-electron chi connectivity index (χ1n) is 7.70. The zero-order valence-corrected chi connectivity index (χ0v) is 12.5. The van der Waals surface area contributed by atoms with Crippen LogP contribution in [-0.4, -0.2) is 19.2 Å². The topological polar surface area (TPSA) is 41.6 Å². The quantitative estimate of drug-likeness (QED) is 0.918. The van der Waals surface area contributed by atoms with Gasteiger partial charge in [0.1, 0.15) is 5.75 Å². The van der Waals surface area contributed by atoms with Crippen molar-refractivity contribution >= 4 is 17.5 Å². The Morgan fingerprint density at radius 3 is 2.27 bits per heavy atom. The molecule has 0 aliphatic carbocycles. The third-order valence-electron chi connectivity index (χ3n) is 3.79. The molecule has 1 saturated heterocycles. The van der Waals surface area contributed by atoms with E-state index in [0.717, 1.165) is 18.8 Å². The molecule has 0 saturated carbocycles. The predicted molar refractivity (Wildman–Crippen MR) is 88.6 cm³/mol. The van der Waals surface area contributed by atoms with E-state index in [1.165, 1.54) is 24.9 Å². The van der Waals surface area contributed by atoms with Gasteiger partial charge in [0, 0.05) is 24.5 Å². The number of nitrogens with one attached hydrogen (secondary N) is 1. The number of carbonyl (C=O) groups excluding carboxylic acids is 1. The summed E-state index contributed by atoms with van der Waals surface area (Å²) in [5.41, 5.74) is 1.95. The number of para-hydroxylation sites is 1. The maximum Gasteiger partial charge on any atom is 0.417 e. The van der Waals surface area contributed by atoms with E-state index in [4.69, 9.17) is 4.74 Å². The fourth-order valence-corrected chi connectivity index (χ4v) is 2.65. The summed E-state index contributed by atoms with van der Waals surface area (Å²) in [6.07, 6.45) is 3.35. The normalized spacial score (nSPS) is 14.5. The third-order valence-corrected chi connectivity index (χ3v) is 3.79. The van der Waals surface area contributed by atoms with Crippen LogP contribution in [0.3, 0.4) is 0 Å². The molecule has 1 aliphatic heterocycles. The summed E-state index contributed by atoms with van der Waals surface area (Å²) in [4.78, 5) is 14.2. The second-order valence-electron chi connectivity index (χ2n) is 5.42. The highest BCUT2D eigenvalue weighted by Crippen LogP contribution is 2.22. The average molecular weight is 296 g/mol. The number of amides is 1. The van der Waals surface area contributed by atoms with Crippen LogP contribution in [-0.2, 0) is 0 Å². The molecule has 1 heterocycles. The van der Waals surface area contributed by atoms with Gasteiger partial charge in [0.15, 0.2) is 0 Å². The van der Waals surface area contributed by atoms with Gasteiger partial charge in [-0.3, -0.25) is 5.32 Å². The van der Waals surface area contributed by atoms with Gasteiger partial charge in [-0.25, -0.2) is 4.79 Å². The molecule has 0 aromatic heterocycles. The minimum atomic E-state index is -0.475. The van der Waals surface area contributed by atoms with Crippen molar-refractivity contribution < 1.29 is 9.53 Å². The van der Waals surface area contributed by atoms with Crippen LogP contribution in [0.4, 0.5) is 16.2 Å². The maximum atomic E-state index is 11.8. The van der Waals surface area contributed by atoms with Crippen LogP contribution >= 0.6 is 0 Å². The number of ether oxygens (including phenoxy) is 1. The highest BCUT2D eigenvalue weighted by atomic mass is 16.6. The molecule has 1 amide bonds. The summed E-state index contributed by atoms with van der Waals surface area (Å²) in [6, 6.07) is 17.0. The third kappa shape index (κ3) is 3.79. The minimum Gasteiger partial charge on any atom is -0.410 e. The van der Waals surface area contributed by atoms with E-state index in [-0.39, 0.29) is 0 Å². The number of hydrogen-bond donors (Lipinski definition) is 1. The SMILES string of the molecule is O=C(Nc1ccc(N2CCCCC2)cc1)Oc1ccccc1. The lowest BCUT2D eigenvalue weighted by molar-refractivity contribution is 0.215. The van der Waals surface area contributed by atoms with Gasteiger partial charge in [0.25, 0.3) is 0 Å². The van der Waals surface area contributed by atoms with E-state index in [1.807, 2.05) is 42.5 Å². The fourth-order valence-electron chi connectivity index (χ4n) is 2.65. The van der Waals surface area contributed by atoms with Crippen molar-refractivity contribution in [2.45, 2.75) is 19.3 Å². The van der Waals surface area contributed by atoms with Crippen LogP contribution in [0.1, 0.15) is 19.3 Å². The molecule has 2 aromatic carbocycles. The van der Waals surface area contributed by atoms with Gasteiger partial charge in [0.2, 0.25) is 0 Å². The summed E-state index contributed by atoms with van der Waals surface area (Å²) in [5, 5.41) is 2.74. The molecule has 1 aliphatic rings. The molecule has 1 N–H and O–H groups in total. The molecule has 0 radical (unpaired) electrons. The van der Waals surface area contributed by atoms with Crippen molar-refractivity contribution in [3.63, 3.8) is 0 Å². The molecular formula is C18H20N2O2. The standard InChI is InChI=1S/C18H20N2O2/c21-18(22-17-7-3-1-4-8-17)19-15-9-11-16(12-10-15)20-13-5-2-6-14-20/h1,3-4,7-12H,2,5-6,13-14H2,(H,19,21). The molecule has 0 atom stereocenters. The van der Waals surface area contributed by atoms with E-state index in [9.17, 15) is 4.79 Å². The van der Waals surface area contributed by atoms with Gasteiger partial charge in [-0.1, -0.05) is 18.2 Å². The number of piperidine rings is 1. The number of benzene rings is 2. The van der Waals surface area contributed by atoms with E-state index in [2.05, 4.69) is 10.2 Å².